The molecule has 2 atom stereocenters. The standard InChI is InChI=1S/C18H20N2O3S/c1-14(21)11-17(16-5-3-2-4-6-16)13-20-24(22,23)18-9-7-15(12-19)8-10-18/h2-10,14,17,20-21H,11,13H2,1H3. The van der Waals surface area contributed by atoms with Gasteiger partial charge in [-0.1, -0.05) is 30.3 Å². The van der Waals surface area contributed by atoms with Crippen LogP contribution < -0.4 is 4.72 Å². The van der Waals surface area contributed by atoms with Crippen molar-refractivity contribution >= 4 is 10.0 Å². The summed E-state index contributed by atoms with van der Waals surface area (Å²) >= 11 is 0. The number of rotatable bonds is 7. The molecule has 24 heavy (non-hydrogen) atoms. The Hall–Kier alpha value is -2.20. The van der Waals surface area contributed by atoms with Gasteiger partial charge in [-0.2, -0.15) is 5.26 Å². The summed E-state index contributed by atoms with van der Waals surface area (Å²) in [4.78, 5) is 0.116. The van der Waals surface area contributed by atoms with E-state index in [0.717, 1.165) is 5.56 Å². The van der Waals surface area contributed by atoms with Gasteiger partial charge in [-0.3, -0.25) is 0 Å². The summed E-state index contributed by atoms with van der Waals surface area (Å²) in [5.74, 6) is -0.126. The van der Waals surface area contributed by atoms with Gasteiger partial charge in [-0.05, 0) is 49.1 Å². The molecule has 0 aliphatic heterocycles. The van der Waals surface area contributed by atoms with E-state index in [-0.39, 0.29) is 17.4 Å². The number of nitrogens with one attached hydrogen (secondary N) is 1. The van der Waals surface area contributed by atoms with Crippen molar-refractivity contribution in [1.82, 2.24) is 4.72 Å². The molecule has 0 fully saturated rings. The first-order valence-electron chi connectivity index (χ1n) is 7.65. The fraction of sp³-hybridized carbons (Fsp3) is 0.278. The van der Waals surface area contributed by atoms with Crippen LogP contribution in [0, 0.1) is 11.3 Å². The van der Waals surface area contributed by atoms with E-state index in [1.807, 2.05) is 36.4 Å². The Labute approximate surface area is 142 Å². The number of aliphatic hydroxyl groups excluding tert-OH is 1. The van der Waals surface area contributed by atoms with E-state index < -0.39 is 16.1 Å². The van der Waals surface area contributed by atoms with E-state index in [9.17, 15) is 13.5 Å². The van der Waals surface area contributed by atoms with Crippen LogP contribution in [-0.4, -0.2) is 26.2 Å². The normalized spacial score (nSPS) is 13.9. The summed E-state index contributed by atoms with van der Waals surface area (Å²) in [6.07, 6.45) is -0.0745. The molecule has 0 aliphatic rings. The van der Waals surface area contributed by atoms with Crippen molar-refractivity contribution in [2.75, 3.05) is 6.54 Å². The molecule has 2 aromatic carbocycles. The van der Waals surface area contributed by atoms with E-state index in [1.54, 1.807) is 6.92 Å². The number of aliphatic hydroxyl groups is 1. The van der Waals surface area contributed by atoms with Crippen molar-refractivity contribution in [2.24, 2.45) is 0 Å². The summed E-state index contributed by atoms with van der Waals surface area (Å²) in [5, 5.41) is 18.5. The minimum absolute atomic E-state index is 0.116. The van der Waals surface area contributed by atoms with Gasteiger partial charge >= 0.3 is 0 Å². The minimum atomic E-state index is -3.67. The highest BCUT2D eigenvalue weighted by atomic mass is 32.2. The molecule has 2 rings (SSSR count). The van der Waals surface area contributed by atoms with Crippen molar-refractivity contribution in [3.05, 3.63) is 65.7 Å². The van der Waals surface area contributed by atoms with Gasteiger partial charge in [0.1, 0.15) is 0 Å². The minimum Gasteiger partial charge on any atom is -0.393 e. The summed E-state index contributed by atoms with van der Waals surface area (Å²) in [7, 11) is -3.67. The van der Waals surface area contributed by atoms with Crippen molar-refractivity contribution in [3.63, 3.8) is 0 Å². The first-order chi connectivity index (χ1) is 11.4. The molecule has 6 heteroatoms. The molecule has 5 nitrogen and oxygen atoms in total. The van der Waals surface area contributed by atoms with Gasteiger partial charge in [-0.15, -0.1) is 0 Å². The number of benzene rings is 2. The molecule has 2 N–H and O–H groups in total. The molecule has 0 spiro atoms. The smallest absolute Gasteiger partial charge is 0.240 e. The zero-order valence-electron chi connectivity index (χ0n) is 13.4. The Morgan fingerprint density at radius 1 is 1.12 bits per heavy atom. The molecule has 0 heterocycles. The van der Waals surface area contributed by atoms with Crippen molar-refractivity contribution in [3.8, 4) is 6.07 Å². The van der Waals surface area contributed by atoms with Crippen LogP contribution in [0.15, 0.2) is 59.5 Å². The molecule has 0 saturated carbocycles. The summed E-state index contributed by atoms with van der Waals surface area (Å²) in [6.45, 7) is 1.88. The van der Waals surface area contributed by atoms with Crippen LogP contribution in [0.25, 0.3) is 0 Å². The molecule has 0 radical (unpaired) electrons. The van der Waals surface area contributed by atoms with Crippen molar-refractivity contribution in [2.45, 2.75) is 30.3 Å². The molecule has 0 saturated heterocycles. The Morgan fingerprint density at radius 3 is 2.29 bits per heavy atom. The molecular weight excluding hydrogens is 324 g/mol. The number of sulfonamides is 1. The maximum Gasteiger partial charge on any atom is 0.240 e. The van der Waals surface area contributed by atoms with Crippen LogP contribution in [0.2, 0.25) is 0 Å². The quantitative estimate of drug-likeness (QED) is 0.807. The molecule has 2 unspecified atom stereocenters. The lowest BCUT2D eigenvalue weighted by atomic mass is 9.94. The van der Waals surface area contributed by atoms with E-state index in [4.69, 9.17) is 5.26 Å². The van der Waals surface area contributed by atoms with Crippen molar-refractivity contribution in [1.29, 1.82) is 5.26 Å². The van der Waals surface area contributed by atoms with E-state index >= 15 is 0 Å². The molecule has 0 aromatic heterocycles. The fourth-order valence-corrected chi connectivity index (χ4v) is 3.56. The van der Waals surface area contributed by atoms with Crippen LogP contribution in [-0.2, 0) is 10.0 Å². The molecule has 0 bridgehead atoms. The van der Waals surface area contributed by atoms with Crippen LogP contribution in [0.4, 0.5) is 0 Å². The molecule has 0 aliphatic carbocycles. The van der Waals surface area contributed by atoms with Gasteiger partial charge in [0.15, 0.2) is 0 Å². The number of nitrogens with zero attached hydrogens (tertiary/aromatic N) is 1. The van der Waals surface area contributed by atoms with Crippen LogP contribution in [0.1, 0.15) is 30.4 Å². The van der Waals surface area contributed by atoms with Crippen LogP contribution in [0.3, 0.4) is 0 Å². The largest absolute Gasteiger partial charge is 0.393 e. The highest BCUT2D eigenvalue weighted by molar-refractivity contribution is 7.89. The van der Waals surface area contributed by atoms with E-state index in [2.05, 4.69) is 4.72 Å². The average Bonchev–Trinajstić information content (AvgIpc) is 2.59. The molecule has 0 amide bonds. The Balaban J connectivity index is 2.13. The lowest BCUT2D eigenvalue weighted by Gasteiger charge is -2.19. The summed E-state index contributed by atoms with van der Waals surface area (Å²) < 4.78 is 27.4. The number of hydrogen-bond acceptors (Lipinski definition) is 4. The van der Waals surface area contributed by atoms with Gasteiger partial charge in [0.25, 0.3) is 0 Å². The predicted octanol–water partition coefficient (Wildman–Crippen LogP) is 2.39. The lowest BCUT2D eigenvalue weighted by Crippen LogP contribution is -2.29. The Morgan fingerprint density at radius 2 is 1.75 bits per heavy atom. The van der Waals surface area contributed by atoms with Crippen molar-refractivity contribution < 1.29 is 13.5 Å². The first kappa shape index (κ1) is 18.1. The summed E-state index contributed by atoms with van der Waals surface area (Å²) in [6, 6.07) is 17.2. The molecule has 126 valence electrons. The van der Waals surface area contributed by atoms with Gasteiger partial charge in [0, 0.05) is 6.54 Å². The maximum atomic E-state index is 12.4. The lowest BCUT2D eigenvalue weighted by molar-refractivity contribution is 0.174. The predicted molar refractivity (Wildman–Crippen MR) is 91.8 cm³/mol. The number of nitriles is 1. The van der Waals surface area contributed by atoms with Gasteiger partial charge in [-0.25, -0.2) is 13.1 Å². The first-order valence-corrected chi connectivity index (χ1v) is 9.13. The second-order valence-electron chi connectivity index (χ2n) is 5.68. The van der Waals surface area contributed by atoms with Gasteiger partial charge in [0.2, 0.25) is 10.0 Å². The maximum absolute atomic E-state index is 12.4. The van der Waals surface area contributed by atoms with Gasteiger partial charge < -0.3 is 5.11 Å². The van der Waals surface area contributed by atoms with Crippen LogP contribution >= 0.6 is 0 Å². The Bertz CT molecular complexity index is 794. The van der Waals surface area contributed by atoms with Gasteiger partial charge in [0.05, 0.1) is 22.6 Å². The topological polar surface area (TPSA) is 90.2 Å². The van der Waals surface area contributed by atoms with E-state index in [0.29, 0.717) is 12.0 Å². The second-order valence-corrected chi connectivity index (χ2v) is 7.45. The molecule has 2 aromatic rings. The third-order valence-corrected chi connectivity index (χ3v) is 5.15. The fourth-order valence-electron chi connectivity index (χ4n) is 2.48. The molecular formula is C18H20N2O3S. The zero-order valence-corrected chi connectivity index (χ0v) is 14.2. The zero-order chi connectivity index (χ0) is 17.6. The summed E-state index contributed by atoms with van der Waals surface area (Å²) in [5.41, 5.74) is 1.38. The SMILES string of the molecule is CC(O)CC(CNS(=O)(=O)c1ccc(C#N)cc1)c1ccccc1. The monoisotopic (exact) mass is 344 g/mol. The number of hydrogen-bond donors (Lipinski definition) is 2. The van der Waals surface area contributed by atoms with Crippen LogP contribution in [0.5, 0.6) is 0 Å². The second kappa shape index (κ2) is 8.06. The highest BCUT2D eigenvalue weighted by Gasteiger charge is 2.19. The Kier molecular flexibility index (Phi) is 6.10. The van der Waals surface area contributed by atoms with E-state index in [1.165, 1.54) is 24.3 Å². The average molecular weight is 344 g/mol. The third-order valence-electron chi connectivity index (χ3n) is 3.71. The highest BCUT2D eigenvalue weighted by Crippen LogP contribution is 2.21. The third kappa shape index (κ3) is 4.90.